The predicted octanol–water partition coefficient (Wildman–Crippen LogP) is -0.192. The van der Waals surface area contributed by atoms with Crippen LogP contribution in [-0.2, 0) is 30.3 Å². The third kappa shape index (κ3) is 1.87. The quantitative estimate of drug-likeness (QED) is 0.478. The van der Waals surface area contributed by atoms with Crippen LogP contribution in [0.1, 0.15) is 24.8 Å². The molecule has 1 amide bonds. The lowest BCUT2D eigenvalue weighted by Gasteiger charge is -2.35. The second-order valence-electron chi connectivity index (χ2n) is 8.01. The molecule has 9 heteroatoms. The van der Waals surface area contributed by atoms with Gasteiger partial charge in [-0.05, 0) is 24.1 Å². The van der Waals surface area contributed by atoms with E-state index in [0.717, 1.165) is 0 Å². The molecule has 4 aliphatic rings. The Morgan fingerprint density at radius 3 is 2.64 bits per heavy atom. The highest BCUT2D eigenvalue weighted by Crippen LogP contribution is 2.69. The molecule has 5 rings (SSSR count). The Hall–Kier alpha value is -2.81. The van der Waals surface area contributed by atoms with Gasteiger partial charge >= 0.3 is 11.9 Å². The number of hydrogen-bond acceptors (Lipinski definition) is 8. The van der Waals surface area contributed by atoms with Crippen molar-refractivity contribution >= 4 is 17.8 Å². The average molecular weight is 389 g/mol. The Balaban J connectivity index is 1.45. The molecule has 2 spiro atoms. The SMILES string of the molecule is O=C1C[C@]23C(=O)O[C@@H]4N(CCc5ccc(O)c(O)c5)C(=O)CC42[C@@H](O)C[C@@H]3O1. The molecule has 1 unspecified atom stereocenters. The van der Waals surface area contributed by atoms with Gasteiger partial charge in [-0.15, -0.1) is 0 Å². The smallest absolute Gasteiger partial charge is 0.319 e. The minimum atomic E-state index is -1.31. The van der Waals surface area contributed by atoms with Crippen molar-refractivity contribution in [2.75, 3.05) is 6.54 Å². The second-order valence-corrected chi connectivity index (χ2v) is 8.01. The largest absolute Gasteiger partial charge is 0.504 e. The summed E-state index contributed by atoms with van der Waals surface area (Å²) in [4.78, 5) is 38.9. The fraction of sp³-hybridized carbons (Fsp3) is 0.526. The molecular formula is C19H19NO8. The number of aliphatic hydroxyl groups is 1. The zero-order valence-electron chi connectivity index (χ0n) is 14.8. The van der Waals surface area contributed by atoms with E-state index in [2.05, 4.69) is 0 Å². The fourth-order valence-corrected chi connectivity index (χ4v) is 5.56. The number of aromatic hydroxyl groups is 2. The maximum atomic E-state index is 12.8. The van der Waals surface area contributed by atoms with Crippen LogP contribution in [0, 0.1) is 10.8 Å². The van der Waals surface area contributed by atoms with Gasteiger partial charge in [0.25, 0.3) is 0 Å². The number of likely N-dealkylation sites (tertiary alicyclic amines) is 1. The van der Waals surface area contributed by atoms with Gasteiger partial charge in [0, 0.05) is 19.4 Å². The summed E-state index contributed by atoms with van der Waals surface area (Å²) in [5, 5.41) is 29.8. The average Bonchev–Trinajstić information content (AvgIpc) is 3.25. The van der Waals surface area contributed by atoms with Gasteiger partial charge in [0.2, 0.25) is 5.91 Å². The lowest BCUT2D eigenvalue weighted by molar-refractivity contribution is -0.158. The fourth-order valence-electron chi connectivity index (χ4n) is 5.56. The van der Waals surface area contributed by atoms with Gasteiger partial charge in [-0.3, -0.25) is 14.4 Å². The van der Waals surface area contributed by atoms with E-state index in [9.17, 15) is 29.7 Å². The third-order valence-electron chi connectivity index (χ3n) is 6.86. The van der Waals surface area contributed by atoms with Crippen LogP contribution < -0.4 is 0 Å². The van der Waals surface area contributed by atoms with E-state index in [4.69, 9.17) is 9.47 Å². The van der Waals surface area contributed by atoms with Crippen molar-refractivity contribution < 1.29 is 39.2 Å². The molecule has 0 radical (unpaired) electrons. The molecule has 1 aliphatic carbocycles. The lowest BCUT2D eigenvalue weighted by atomic mass is 9.63. The van der Waals surface area contributed by atoms with E-state index < -0.39 is 41.2 Å². The van der Waals surface area contributed by atoms with Crippen molar-refractivity contribution in [3.05, 3.63) is 23.8 Å². The van der Waals surface area contributed by atoms with Crippen molar-refractivity contribution in [1.29, 1.82) is 0 Å². The standard InChI is InChI=1S/C19H19NO8/c21-10-2-1-9(5-11(10)22)3-4-20-14(24)7-18-12(23)6-13-19(18,8-15(25)27-13)17(26)28-16(18)20/h1-2,5,12-13,16,21-23H,3-4,6-8H2/t12-,13-,16-,18?,19-/m0/s1. The number of hydrogen-bond donors (Lipinski definition) is 3. The zero-order valence-corrected chi connectivity index (χ0v) is 14.8. The number of benzene rings is 1. The van der Waals surface area contributed by atoms with Gasteiger partial charge in [-0.25, -0.2) is 0 Å². The van der Waals surface area contributed by atoms with E-state index in [-0.39, 0.29) is 43.2 Å². The number of phenolic OH excluding ortho intramolecular Hbond substituents is 2. The summed E-state index contributed by atoms with van der Waals surface area (Å²) >= 11 is 0. The molecule has 28 heavy (non-hydrogen) atoms. The Bertz CT molecular complexity index is 915. The molecule has 0 bridgehead atoms. The summed E-state index contributed by atoms with van der Waals surface area (Å²) in [7, 11) is 0. The van der Waals surface area contributed by atoms with Gasteiger partial charge in [0.05, 0.1) is 17.9 Å². The van der Waals surface area contributed by atoms with Crippen LogP contribution in [0.2, 0.25) is 0 Å². The summed E-state index contributed by atoms with van der Waals surface area (Å²) in [5.41, 5.74) is -1.81. The molecule has 9 nitrogen and oxygen atoms in total. The number of nitrogens with zero attached hydrogens (tertiary/aromatic N) is 1. The van der Waals surface area contributed by atoms with Gasteiger partial charge in [0.15, 0.2) is 17.7 Å². The van der Waals surface area contributed by atoms with E-state index in [1.807, 2.05) is 0 Å². The van der Waals surface area contributed by atoms with Gasteiger partial charge in [-0.1, -0.05) is 6.07 Å². The number of carbonyl (C=O) groups excluding carboxylic acids is 3. The Morgan fingerprint density at radius 1 is 1.11 bits per heavy atom. The number of aliphatic hydroxyl groups excluding tert-OH is 1. The number of amides is 1. The van der Waals surface area contributed by atoms with Gasteiger partial charge < -0.3 is 29.7 Å². The maximum absolute atomic E-state index is 12.8. The third-order valence-corrected chi connectivity index (χ3v) is 6.86. The number of ether oxygens (including phenoxy) is 2. The highest BCUT2D eigenvalue weighted by Gasteiger charge is 2.84. The number of esters is 2. The zero-order chi connectivity index (χ0) is 19.8. The van der Waals surface area contributed by atoms with Crippen molar-refractivity contribution in [3.63, 3.8) is 0 Å². The van der Waals surface area contributed by atoms with Crippen molar-refractivity contribution in [2.24, 2.45) is 10.8 Å². The second kappa shape index (κ2) is 5.38. The van der Waals surface area contributed by atoms with E-state index in [0.29, 0.717) is 12.0 Å². The van der Waals surface area contributed by atoms with Crippen LogP contribution in [0.15, 0.2) is 18.2 Å². The van der Waals surface area contributed by atoms with Crippen molar-refractivity contribution in [3.8, 4) is 11.5 Å². The van der Waals surface area contributed by atoms with Gasteiger partial charge in [0.1, 0.15) is 11.5 Å². The maximum Gasteiger partial charge on any atom is 0.319 e. The minimum absolute atomic E-state index is 0.0848. The first-order valence-electron chi connectivity index (χ1n) is 9.18. The lowest BCUT2D eigenvalue weighted by Crippen LogP contribution is -2.49. The van der Waals surface area contributed by atoms with Gasteiger partial charge in [-0.2, -0.15) is 0 Å². The Morgan fingerprint density at radius 2 is 1.89 bits per heavy atom. The summed E-state index contributed by atoms with van der Waals surface area (Å²) < 4.78 is 10.8. The van der Waals surface area contributed by atoms with Crippen molar-refractivity contribution in [2.45, 2.75) is 44.1 Å². The number of rotatable bonds is 3. The van der Waals surface area contributed by atoms with Crippen LogP contribution >= 0.6 is 0 Å². The molecule has 148 valence electrons. The highest BCUT2D eigenvalue weighted by molar-refractivity contribution is 5.94. The summed E-state index contributed by atoms with van der Waals surface area (Å²) in [6.07, 6.45) is -2.51. The molecule has 1 aromatic rings. The molecule has 3 saturated heterocycles. The van der Waals surface area contributed by atoms with E-state index >= 15 is 0 Å². The summed E-state index contributed by atoms with van der Waals surface area (Å²) in [6, 6.07) is 4.38. The molecular weight excluding hydrogens is 370 g/mol. The van der Waals surface area contributed by atoms with Crippen LogP contribution in [0.3, 0.4) is 0 Å². The topological polar surface area (TPSA) is 134 Å². The molecule has 1 saturated carbocycles. The first-order valence-corrected chi connectivity index (χ1v) is 9.18. The van der Waals surface area contributed by atoms with Crippen LogP contribution in [0.25, 0.3) is 0 Å². The first-order chi connectivity index (χ1) is 13.3. The highest BCUT2D eigenvalue weighted by atomic mass is 16.6. The molecule has 0 aromatic heterocycles. The van der Waals surface area contributed by atoms with Crippen LogP contribution in [0.4, 0.5) is 0 Å². The van der Waals surface area contributed by atoms with Crippen LogP contribution in [-0.4, -0.2) is 63.0 Å². The first kappa shape index (κ1) is 17.3. The molecule has 1 aromatic carbocycles. The minimum Gasteiger partial charge on any atom is -0.504 e. The molecule has 5 atom stereocenters. The van der Waals surface area contributed by atoms with Crippen LogP contribution in [0.5, 0.6) is 11.5 Å². The molecule has 3 heterocycles. The van der Waals surface area contributed by atoms with Crippen molar-refractivity contribution in [1.82, 2.24) is 4.90 Å². The van der Waals surface area contributed by atoms with E-state index in [1.54, 1.807) is 6.07 Å². The number of carbonyl (C=O) groups is 3. The monoisotopic (exact) mass is 389 g/mol. The van der Waals surface area contributed by atoms with E-state index in [1.165, 1.54) is 17.0 Å². The Kier molecular flexibility index (Phi) is 3.32. The molecule has 3 aliphatic heterocycles. The predicted molar refractivity (Wildman–Crippen MR) is 89.7 cm³/mol. The summed E-state index contributed by atoms with van der Waals surface area (Å²) in [5.74, 6) is -1.87. The molecule has 3 N–H and O–H groups in total. The Labute approximate surface area is 159 Å². The normalized spacial score (nSPS) is 38.2. The number of phenols is 2. The molecule has 4 fully saturated rings. The summed E-state index contributed by atoms with van der Waals surface area (Å²) in [6.45, 7) is 0.199.